The van der Waals surface area contributed by atoms with Gasteiger partial charge in [-0.15, -0.1) is 0 Å². The van der Waals surface area contributed by atoms with Crippen molar-refractivity contribution < 1.29 is 5.11 Å². The van der Waals surface area contributed by atoms with Crippen molar-refractivity contribution in [3.63, 3.8) is 0 Å². The van der Waals surface area contributed by atoms with Crippen molar-refractivity contribution in [1.29, 1.82) is 0 Å². The van der Waals surface area contributed by atoms with Crippen molar-refractivity contribution in [1.82, 2.24) is 9.78 Å². The van der Waals surface area contributed by atoms with Crippen LogP contribution in [0, 0.1) is 6.92 Å². The molecule has 1 N–H and O–H groups in total. The number of aromatic nitrogens is 2. The van der Waals surface area contributed by atoms with Gasteiger partial charge in [0.1, 0.15) is 0 Å². The number of hydrogen-bond acceptors (Lipinski definition) is 2. The molecule has 3 heteroatoms. The van der Waals surface area contributed by atoms with Crippen LogP contribution in [0.15, 0.2) is 30.3 Å². The summed E-state index contributed by atoms with van der Waals surface area (Å²) >= 11 is 0. The lowest BCUT2D eigenvalue weighted by molar-refractivity contribution is 0.162. The summed E-state index contributed by atoms with van der Waals surface area (Å²) in [7, 11) is 0. The smallest absolute Gasteiger partial charge is 0.0624 e. The molecule has 3 nitrogen and oxygen atoms in total. The summed E-state index contributed by atoms with van der Waals surface area (Å²) in [4.78, 5) is 0. The lowest BCUT2D eigenvalue weighted by Gasteiger charge is -2.12. The molecule has 1 heterocycles. The zero-order valence-electron chi connectivity index (χ0n) is 13.3. The van der Waals surface area contributed by atoms with Gasteiger partial charge in [-0.2, -0.15) is 5.10 Å². The van der Waals surface area contributed by atoms with Gasteiger partial charge >= 0.3 is 0 Å². The average Bonchev–Trinajstić information content (AvgIpc) is 2.88. The number of benzene rings is 1. The van der Waals surface area contributed by atoms with Gasteiger partial charge in [-0.05, 0) is 50.3 Å². The Hall–Kier alpha value is -1.61. The Balaban J connectivity index is 1.94. The maximum atomic E-state index is 10.3. The van der Waals surface area contributed by atoms with E-state index < -0.39 is 0 Å². The Bertz CT molecular complexity index is 574. The molecule has 114 valence electrons. The summed E-state index contributed by atoms with van der Waals surface area (Å²) in [6, 6.07) is 10.5. The first-order valence-corrected chi connectivity index (χ1v) is 7.92. The van der Waals surface area contributed by atoms with Gasteiger partial charge in [-0.25, -0.2) is 0 Å². The van der Waals surface area contributed by atoms with Crippen LogP contribution < -0.4 is 0 Å². The standard InChI is InChI=1S/C18H26N2O/c1-4-16-12-17(20(5-2)19-16)13-18(21)11-10-15-9-7-6-8-14(15)3/h6-9,12,18,21H,4-5,10-11,13H2,1-3H3. The molecule has 0 spiro atoms. The highest BCUT2D eigenvalue weighted by Crippen LogP contribution is 2.14. The van der Waals surface area contributed by atoms with Crippen LogP contribution >= 0.6 is 0 Å². The van der Waals surface area contributed by atoms with E-state index in [-0.39, 0.29) is 6.10 Å². The molecular weight excluding hydrogens is 260 g/mol. The molecule has 0 radical (unpaired) electrons. The monoisotopic (exact) mass is 286 g/mol. The fourth-order valence-corrected chi connectivity index (χ4v) is 2.68. The molecule has 0 bridgehead atoms. The summed E-state index contributed by atoms with van der Waals surface area (Å²) in [5, 5.41) is 14.9. The molecule has 0 aliphatic rings. The molecule has 1 aromatic carbocycles. The molecular formula is C18H26N2O. The molecule has 0 saturated heterocycles. The van der Waals surface area contributed by atoms with Crippen LogP contribution in [-0.4, -0.2) is 21.0 Å². The Labute approximate surface area is 127 Å². The average molecular weight is 286 g/mol. The normalized spacial score (nSPS) is 12.6. The van der Waals surface area contributed by atoms with E-state index in [1.54, 1.807) is 0 Å². The van der Waals surface area contributed by atoms with E-state index in [2.05, 4.69) is 56.2 Å². The molecule has 2 aromatic rings. The van der Waals surface area contributed by atoms with Crippen LogP contribution in [0.1, 0.15) is 42.8 Å². The fourth-order valence-electron chi connectivity index (χ4n) is 2.68. The van der Waals surface area contributed by atoms with E-state index in [1.165, 1.54) is 11.1 Å². The lowest BCUT2D eigenvalue weighted by Crippen LogP contribution is -2.15. The third-order valence-corrected chi connectivity index (χ3v) is 4.03. The van der Waals surface area contributed by atoms with Gasteiger partial charge in [0.15, 0.2) is 0 Å². The number of aryl methyl sites for hydroxylation is 4. The topological polar surface area (TPSA) is 38.0 Å². The molecule has 0 aliphatic carbocycles. The predicted molar refractivity (Wildman–Crippen MR) is 86.5 cm³/mol. The van der Waals surface area contributed by atoms with Crippen LogP contribution in [0.4, 0.5) is 0 Å². The summed E-state index contributed by atoms with van der Waals surface area (Å²) < 4.78 is 2.01. The Morgan fingerprint density at radius 3 is 2.67 bits per heavy atom. The van der Waals surface area contributed by atoms with Gasteiger partial charge in [-0.1, -0.05) is 31.2 Å². The van der Waals surface area contributed by atoms with Crippen molar-refractivity contribution in [2.45, 2.75) is 59.1 Å². The molecule has 1 atom stereocenters. The molecule has 21 heavy (non-hydrogen) atoms. The molecule has 0 saturated carbocycles. The fraction of sp³-hybridized carbons (Fsp3) is 0.500. The van der Waals surface area contributed by atoms with Gasteiger partial charge < -0.3 is 5.11 Å². The Morgan fingerprint density at radius 1 is 1.24 bits per heavy atom. The molecule has 1 aromatic heterocycles. The largest absolute Gasteiger partial charge is 0.393 e. The van der Waals surface area contributed by atoms with Crippen LogP contribution in [-0.2, 0) is 25.8 Å². The van der Waals surface area contributed by atoms with Crippen molar-refractivity contribution in [2.75, 3.05) is 0 Å². The van der Waals surface area contributed by atoms with Crippen molar-refractivity contribution in [3.05, 3.63) is 52.8 Å². The van der Waals surface area contributed by atoms with E-state index in [0.717, 1.165) is 37.2 Å². The third kappa shape index (κ3) is 4.18. The minimum atomic E-state index is -0.309. The van der Waals surface area contributed by atoms with Gasteiger partial charge in [0.25, 0.3) is 0 Å². The number of rotatable bonds is 7. The number of hydrogen-bond donors (Lipinski definition) is 1. The molecule has 0 aliphatic heterocycles. The summed E-state index contributed by atoms with van der Waals surface area (Å²) in [5.41, 5.74) is 4.89. The second-order valence-corrected chi connectivity index (χ2v) is 5.62. The second kappa shape index (κ2) is 7.41. The van der Waals surface area contributed by atoms with Crippen molar-refractivity contribution >= 4 is 0 Å². The zero-order chi connectivity index (χ0) is 15.2. The first-order chi connectivity index (χ1) is 10.1. The predicted octanol–water partition coefficient (Wildman–Crippen LogP) is 3.31. The SMILES string of the molecule is CCc1cc(CC(O)CCc2ccccc2C)n(CC)n1. The highest BCUT2D eigenvalue weighted by Gasteiger charge is 2.12. The summed E-state index contributed by atoms with van der Waals surface area (Å²) in [6.45, 7) is 7.19. The van der Waals surface area contributed by atoms with E-state index in [0.29, 0.717) is 6.42 Å². The van der Waals surface area contributed by atoms with Crippen LogP contribution in [0.2, 0.25) is 0 Å². The van der Waals surface area contributed by atoms with E-state index >= 15 is 0 Å². The van der Waals surface area contributed by atoms with Crippen LogP contribution in [0.3, 0.4) is 0 Å². The second-order valence-electron chi connectivity index (χ2n) is 5.62. The first-order valence-electron chi connectivity index (χ1n) is 7.92. The van der Waals surface area contributed by atoms with Crippen molar-refractivity contribution in [3.8, 4) is 0 Å². The maximum absolute atomic E-state index is 10.3. The highest BCUT2D eigenvalue weighted by atomic mass is 16.3. The Kier molecular flexibility index (Phi) is 5.57. The van der Waals surface area contributed by atoms with E-state index in [4.69, 9.17) is 0 Å². The maximum Gasteiger partial charge on any atom is 0.0624 e. The number of aliphatic hydroxyl groups excluding tert-OH is 1. The molecule has 2 rings (SSSR count). The third-order valence-electron chi connectivity index (χ3n) is 4.03. The van der Waals surface area contributed by atoms with E-state index in [9.17, 15) is 5.11 Å². The van der Waals surface area contributed by atoms with Crippen molar-refractivity contribution in [2.24, 2.45) is 0 Å². The number of nitrogens with zero attached hydrogens (tertiary/aromatic N) is 2. The minimum Gasteiger partial charge on any atom is -0.393 e. The molecule has 1 unspecified atom stereocenters. The van der Waals surface area contributed by atoms with Gasteiger partial charge in [0.05, 0.1) is 11.8 Å². The quantitative estimate of drug-likeness (QED) is 0.848. The zero-order valence-corrected chi connectivity index (χ0v) is 13.3. The summed E-state index contributed by atoms with van der Waals surface area (Å²) in [5.74, 6) is 0. The molecule has 0 fully saturated rings. The first kappa shape index (κ1) is 15.8. The van der Waals surface area contributed by atoms with E-state index in [1.807, 2.05) is 4.68 Å². The Morgan fingerprint density at radius 2 is 2.00 bits per heavy atom. The van der Waals surface area contributed by atoms with Gasteiger partial charge in [0.2, 0.25) is 0 Å². The number of aliphatic hydroxyl groups is 1. The van der Waals surface area contributed by atoms with Crippen LogP contribution in [0.5, 0.6) is 0 Å². The molecule has 0 amide bonds. The highest BCUT2D eigenvalue weighted by molar-refractivity contribution is 5.25. The summed E-state index contributed by atoms with van der Waals surface area (Å²) in [6.07, 6.45) is 3.04. The lowest BCUT2D eigenvalue weighted by atomic mass is 10.0. The van der Waals surface area contributed by atoms with Gasteiger partial charge in [0, 0.05) is 18.7 Å². The van der Waals surface area contributed by atoms with Crippen LogP contribution in [0.25, 0.3) is 0 Å². The minimum absolute atomic E-state index is 0.309. The van der Waals surface area contributed by atoms with Gasteiger partial charge in [-0.3, -0.25) is 4.68 Å².